The molecule has 0 radical (unpaired) electrons. The van der Waals surface area contributed by atoms with Crippen LogP contribution in [0.2, 0.25) is 0 Å². The normalized spacial score (nSPS) is 18.7. The molecule has 0 aromatic carbocycles. The number of hydrogen-bond acceptors (Lipinski definition) is 5. The van der Waals surface area contributed by atoms with Crippen LogP contribution in [0.4, 0.5) is 19.0 Å². The molecule has 1 aliphatic heterocycles. The molecular weight excluding hydrogens is 371 g/mol. The quantitative estimate of drug-likeness (QED) is 0.678. The Kier molecular flexibility index (Phi) is 4.13. The van der Waals surface area contributed by atoms with Crippen molar-refractivity contribution in [3.63, 3.8) is 0 Å². The van der Waals surface area contributed by atoms with Crippen molar-refractivity contribution in [2.75, 3.05) is 5.32 Å². The lowest BCUT2D eigenvalue weighted by Gasteiger charge is -2.29. The highest BCUT2D eigenvalue weighted by atomic mass is 19.4. The topological polar surface area (TPSA) is 126 Å². The van der Waals surface area contributed by atoms with E-state index in [-0.39, 0.29) is 6.54 Å². The lowest BCUT2D eigenvalue weighted by molar-refractivity contribution is -0.200. The van der Waals surface area contributed by atoms with E-state index in [4.69, 9.17) is 0 Å². The van der Waals surface area contributed by atoms with Gasteiger partial charge in [-0.15, -0.1) is 0 Å². The highest BCUT2D eigenvalue weighted by Gasteiger charge is 2.68. The molecule has 12 heteroatoms. The third-order valence-corrected chi connectivity index (χ3v) is 4.03. The molecule has 3 heterocycles. The number of carbonyl (C=O) groups is 2. The molecule has 2 aromatic rings. The minimum Gasteiger partial charge on any atom is -0.331 e. The van der Waals surface area contributed by atoms with Gasteiger partial charge in [-0.1, -0.05) is 0 Å². The number of amides is 2. The van der Waals surface area contributed by atoms with Crippen molar-refractivity contribution in [1.82, 2.24) is 19.9 Å². The number of alkyl halides is 3. The fraction of sp³-hybridized carbons (Fsp3) is 0.267. The zero-order chi connectivity index (χ0) is 20.0. The van der Waals surface area contributed by atoms with Gasteiger partial charge in [0.15, 0.2) is 0 Å². The Morgan fingerprint density at radius 2 is 1.89 bits per heavy atom. The van der Waals surface area contributed by atoms with Gasteiger partial charge in [-0.3, -0.25) is 28.9 Å². The largest absolute Gasteiger partial charge is 0.425 e. The van der Waals surface area contributed by atoms with Crippen molar-refractivity contribution >= 4 is 17.6 Å². The van der Waals surface area contributed by atoms with Crippen molar-refractivity contribution < 1.29 is 22.8 Å². The van der Waals surface area contributed by atoms with E-state index >= 15 is 0 Å². The predicted molar refractivity (Wildman–Crippen MR) is 84.8 cm³/mol. The number of hydrogen-bond donors (Lipinski definition) is 3. The summed E-state index contributed by atoms with van der Waals surface area (Å²) in [5, 5.41) is 3.46. The van der Waals surface area contributed by atoms with Gasteiger partial charge in [0.25, 0.3) is 11.5 Å². The van der Waals surface area contributed by atoms with Crippen LogP contribution in [0.15, 0.2) is 34.1 Å². The zero-order valence-electron chi connectivity index (χ0n) is 13.7. The third kappa shape index (κ3) is 2.78. The fourth-order valence-electron chi connectivity index (χ4n) is 2.91. The molecule has 0 spiro atoms. The molecule has 142 valence electrons. The molecule has 2 amide bonds. The molecule has 1 unspecified atom stereocenters. The first-order valence-corrected chi connectivity index (χ1v) is 7.51. The highest BCUT2D eigenvalue weighted by molar-refractivity contribution is 6.07. The van der Waals surface area contributed by atoms with Gasteiger partial charge < -0.3 is 10.6 Å². The van der Waals surface area contributed by atoms with E-state index in [9.17, 15) is 32.3 Å². The van der Waals surface area contributed by atoms with E-state index in [2.05, 4.69) is 4.98 Å². The van der Waals surface area contributed by atoms with Gasteiger partial charge >= 0.3 is 11.9 Å². The van der Waals surface area contributed by atoms with Crippen LogP contribution in [-0.2, 0) is 21.7 Å². The van der Waals surface area contributed by atoms with Crippen LogP contribution < -0.4 is 21.9 Å². The van der Waals surface area contributed by atoms with Crippen molar-refractivity contribution in [2.24, 2.45) is 0 Å². The van der Waals surface area contributed by atoms with Gasteiger partial charge in [-0.05, 0) is 17.7 Å². The van der Waals surface area contributed by atoms with Crippen molar-refractivity contribution in [2.45, 2.75) is 25.2 Å². The summed E-state index contributed by atoms with van der Waals surface area (Å²) in [7, 11) is 0. The second kappa shape index (κ2) is 6.07. The predicted octanol–water partition coefficient (Wildman–Crippen LogP) is -0.174. The molecule has 3 N–H and O–H groups in total. The number of anilines is 1. The van der Waals surface area contributed by atoms with Crippen LogP contribution in [0, 0.1) is 0 Å². The molecule has 2 aromatic heterocycles. The maximum Gasteiger partial charge on any atom is 0.425 e. The summed E-state index contributed by atoms with van der Waals surface area (Å²) < 4.78 is 42.2. The molecule has 1 atom stereocenters. The van der Waals surface area contributed by atoms with E-state index in [1.54, 1.807) is 4.98 Å². The summed E-state index contributed by atoms with van der Waals surface area (Å²) in [6.45, 7) is 0.536. The van der Waals surface area contributed by atoms with Gasteiger partial charge in [0.2, 0.25) is 11.4 Å². The molecule has 0 saturated heterocycles. The molecule has 0 fully saturated rings. The standard InChI is InChI=1S/C15H12F3N5O4/c1-7(24)22-14(15(16,17)18)9-10(20-12(14)26)23(13(27)21-11(9)25)6-8-2-4-19-5-3-8/h2-5H,6H2,1H3,(H,20,26)(H,22,24)(H,21,25,27). The fourth-order valence-corrected chi connectivity index (χ4v) is 2.91. The zero-order valence-corrected chi connectivity index (χ0v) is 13.7. The van der Waals surface area contributed by atoms with Crippen molar-refractivity contribution in [3.8, 4) is 0 Å². The van der Waals surface area contributed by atoms with E-state index in [1.165, 1.54) is 29.8 Å². The molecule has 1 aliphatic rings. The molecule has 0 saturated carbocycles. The van der Waals surface area contributed by atoms with E-state index in [1.807, 2.05) is 5.32 Å². The minimum absolute atomic E-state index is 0.241. The third-order valence-electron chi connectivity index (χ3n) is 4.03. The number of halogens is 3. The van der Waals surface area contributed by atoms with Crippen molar-refractivity contribution in [3.05, 3.63) is 56.5 Å². The Morgan fingerprint density at radius 3 is 2.44 bits per heavy atom. The average Bonchev–Trinajstić information content (AvgIpc) is 2.85. The highest BCUT2D eigenvalue weighted by Crippen LogP contribution is 2.44. The van der Waals surface area contributed by atoms with Crippen LogP contribution in [-0.4, -0.2) is 32.5 Å². The molecular formula is C15H12F3N5O4. The van der Waals surface area contributed by atoms with Gasteiger partial charge in [0, 0.05) is 19.3 Å². The Labute approximate surface area is 148 Å². The number of nitrogens with one attached hydrogen (secondary N) is 3. The van der Waals surface area contributed by atoms with Crippen LogP contribution in [0.5, 0.6) is 0 Å². The number of carbonyl (C=O) groups excluding carboxylic acids is 2. The maximum absolute atomic E-state index is 13.8. The summed E-state index contributed by atoms with van der Waals surface area (Å²) in [6.07, 6.45) is -2.52. The SMILES string of the molecule is CC(=O)NC1(C(F)(F)F)C(=O)Nc2c1c(=O)[nH]c(=O)n2Cc1ccncc1. The first-order valence-electron chi connectivity index (χ1n) is 7.51. The maximum atomic E-state index is 13.8. The summed E-state index contributed by atoms with van der Waals surface area (Å²) in [6, 6.07) is 3.01. The molecule has 3 rings (SSSR count). The van der Waals surface area contributed by atoms with Gasteiger partial charge in [-0.2, -0.15) is 13.2 Å². The van der Waals surface area contributed by atoms with Crippen LogP contribution in [0.3, 0.4) is 0 Å². The number of aromatic nitrogens is 3. The Bertz CT molecular complexity index is 1040. The van der Waals surface area contributed by atoms with E-state index in [0.717, 1.165) is 11.5 Å². The average molecular weight is 383 g/mol. The smallest absolute Gasteiger partial charge is 0.331 e. The summed E-state index contributed by atoms with van der Waals surface area (Å²) in [5.74, 6) is -3.49. The number of pyridine rings is 1. The lowest BCUT2D eigenvalue weighted by atomic mass is 9.92. The number of nitrogens with zero attached hydrogens (tertiary/aromatic N) is 2. The molecule has 27 heavy (non-hydrogen) atoms. The summed E-state index contributed by atoms with van der Waals surface area (Å²) >= 11 is 0. The summed E-state index contributed by atoms with van der Waals surface area (Å²) in [4.78, 5) is 53.6. The number of aromatic amines is 1. The Morgan fingerprint density at radius 1 is 1.26 bits per heavy atom. The Balaban J connectivity index is 2.30. The summed E-state index contributed by atoms with van der Waals surface area (Å²) in [5.41, 5.74) is -6.65. The van der Waals surface area contributed by atoms with E-state index in [0.29, 0.717) is 5.56 Å². The second-order valence-corrected chi connectivity index (χ2v) is 5.81. The van der Waals surface area contributed by atoms with Crippen LogP contribution in [0.1, 0.15) is 18.1 Å². The molecule has 0 bridgehead atoms. The van der Waals surface area contributed by atoms with Crippen LogP contribution >= 0.6 is 0 Å². The first-order chi connectivity index (χ1) is 12.6. The van der Waals surface area contributed by atoms with Crippen LogP contribution in [0.25, 0.3) is 0 Å². The van der Waals surface area contributed by atoms with Gasteiger partial charge in [0.1, 0.15) is 11.4 Å². The number of rotatable bonds is 3. The molecule has 0 aliphatic carbocycles. The number of H-pyrrole nitrogens is 1. The first kappa shape index (κ1) is 18.4. The second-order valence-electron chi connectivity index (χ2n) is 5.81. The monoisotopic (exact) mass is 383 g/mol. The van der Waals surface area contributed by atoms with E-state index < -0.39 is 46.2 Å². The molecule has 9 nitrogen and oxygen atoms in total. The Hall–Kier alpha value is -3.44. The van der Waals surface area contributed by atoms with Crippen molar-refractivity contribution in [1.29, 1.82) is 0 Å². The minimum atomic E-state index is -5.33. The van der Waals surface area contributed by atoms with Gasteiger partial charge in [0.05, 0.1) is 6.54 Å². The lowest BCUT2D eigenvalue weighted by Crippen LogP contribution is -2.61. The van der Waals surface area contributed by atoms with Gasteiger partial charge in [-0.25, -0.2) is 4.79 Å². The number of fused-ring (bicyclic) bond motifs is 1.